The van der Waals surface area contributed by atoms with Crippen LogP contribution >= 0.6 is 0 Å². The molecule has 116 valence electrons. The summed E-state index contributed by atoms with van der Waals surface area (Å²) < 4.78 is 0. The number of unbranched alkanes of at least 4 members (excludes halogenated alkanes) is 1. The first-order chi connectivity index (χ1) is 10.8. The molecular weight excluding hydrogens is 270 g/mol. The van der Waals surface area contributed by atoms with Crippen LogP contribution in [0.25, 0.3) is 16.5 Å². The minimum atomic E-state index is 0.539. The summed E-state index contributed by atoms with van der Waals surface area (Å²) in [6.07, 6.45) is 10.3. The van der Waals surface area contributed by atoms with E-state index in [1.165, 1.54) is 32.1 Å². The minimum absolute atomic E-state index is 0.539. The van der Waals surface area contributed by atoms with Crippen molar-refractivity contribution in [2.75, 3.05) is 5.32 Å². The smallest absolute Gasteiger partial charge is 0.153 e. The van der Waals surface area contributed by atoms with E-state index in [1.54, 1.807) is 0 Å². The summed E-state index contributed by atoms with van der Waals surface area (Å²) in [4.78, 5) is 9.38. The van der Waals surface area contributed by atoms with Crippen molar-refractivity contribution in [1.82, 2.24) is 9.97 Å². The van der Waals surface area contributed by atoms with Crippen LogP contribution in [0.4, 0.5) is 5.82 Å². The van der Waals surface area contributed by atoms with Gasteiger partial charge in [0.15, 0.2) is 5.82 Å². The van der Waals surface area contributed by atoms with E-state index in [-0.39, 0.29) is 0 Å². The zero-order valence-corrected chi connectivity index (χ0v) is 13.4. The molecule has 22 heavy (non-hydrogen) atoms. The van der Waals surface area contributed by atoms with Crippen molar-refractivity contribution in [2.45, 2.75) is 57.9 Å². The van der Waals surface area contributed by atoms with Crippen LogP contribution in [-0.4, -0.2) is 16.0 Å². The molecule has 1 saturated carbocycles. The zero-order valence-electron chi connectivity index (χ0n) is 13.4. The van der Waals surface area contributed by atoms with E-state index >= 15 is 0 Å². The molecule has 0 spiro atoms. The van der Waals surface area contributed by atoms with E-state index in [2.05, 4.69) is 35.9 Å². The third kappa shape index (κ3) is 3.29. The van der Waals surface area contributed by atoms with Crippen molar-refractivity contribution in [2.24, 2.45) is 0 Å². The van der Waals surface area contributed by atoms with Gasteiger partial charge in [-0.2, -0.15) is 0 Å². The second-order valence-corrected chi connectivity index (χ2v) is 6.26. The number of anilines is 1. The van der Waals surface area contributed by atoms with Crippen LogP contribution < -0.4 is 5.32 Å². The Kier molecular flexibility index (Phi) is 4.71. The van der Waals surface area contributed by atoms with Crippen molar-refractivity contribution >= 4 is 22.3 Å². The molecule has 1 aliphatic rings. The highest BCUT2D eigenvalue weighted by atomic mass is 15.0. The molecule has 2 aromatic heterocycles. The molecule has 1 N–H and O–H groups in total. The third-order valence-electron chi connectivity index (χ3n) is 4.48. The lowest BCUT2D eigenvalue weighted by Gasteiger charge is -2.16. The Morgan fingerprint density at radius 3 is 2.95 bits per heavy atom. The van der Waals surface area contributed by atoms with Gasteiger partial charge in [0.1, 0.15) is 5.52 Å². The summed E-state index contributed by atoms with van der Waals surface area (Å²) in [5, 5.41) is 4.76. The lowest BCUT2D eigenvalue weighted by atomic mass is 10.1. The van der Waals surface area contributed by atoms with Crippen LogP contribution in [0.2, 0.25) is 0 Å². The number of allylic oxidation sites excluding steroid dienone is 1. The first kappa shape index (κ1) is 15.0. The van der Waals surface area contributed by atoms with Gasteiger partial charge in [0.05, 0.1) is 5.69 Å². The number of nitrogens with zero attached hydrogens (tertiary/aromatic N) is 2. The van der Waals surface area contributed by atoms with E-state index in [4.69, 9.17) is 4.98 Å². The summed E-state index contributed by atoms with van der Waals surface area (Å²) in [6, 6.07) is 6.76. The van der Waals surface area contributed by atoms with E-state index < -0.39 is 0 Å². The quantitative estimate of drug-likeness (QED) is 0.797. The number of aromatic nitrogens is 2. The third-order valence-corrected chi connectivity index (χ3v) is 4.48. The van der Waals surface area contributed by atoms with Gasteiger partial charge in [0, 0.05) is 17.6 Å². The first-order valence-corrected chi connectivity index (χ1v) is 8.48. The Labute approximate surface area is 132 Å². The van der Waals surface area contributed by atoms with Crippen LogP contribution in [0.15, 0.2) is 31.0 Å². The maximum Gasteiger partial charge on any atom is 0.153 e. The van der Waals surface area contributed by atoms with Gasteiger partial charge in [0.2, 0.25) is 0 Å². The summed E-state index contributed by atoms with van der Waals surface area (Å²) in [6.45, 7) is 6.44. The molecular formula is C19H25N3. The number of nitrogens with one attached hydrogen (secondary N) is 1. The molecule has 0 aromatic carbocycles. The molecule has 0 bridgehead atoms. The second-order valence-electron chi connectivity index (χ2n) is 6.26. The van der Waals surface area contributed by atoms with Gasteiger partial charge < -0.3 is 5.32 Å². The Balaban J connectivity index is 1.94. The normalized spacial score (nSPS) is 15.3. The van der Waals surface area contributed by atoms with Crippen molar-refractivity contribution in [3.8, 4) is 0 Å². The largest absolute Gasteiger partial charge is 0.366 e. The maximum absolute atomic E-state index is 4.84. The van der Waals surface area contributed by atoms with Crippen LogP contribution in [0, 0.1) is 0 Å². The maximum atomic E-state index is 4.84. The molecule has 0 saturated heterocycles. The standard InChI is InChI=1S/C19H25N3/c1-3-4-8-14(2)17-13-15-9-7-12-20-18(15)19(22-17)21-16-10-5-6-11-16/h7,9,12-13,16H,2-6,8,10-11H2,1H3,(H,21,22). The fourth-order valence-corrected chi connectivity index (χ4v) is 3.15. The molecule has 1 aliphatic carbocycles. The van der Waals surface area contributed by atoms with Gasteiger partial charge in [-0.05, 0) is 43.4 Å². The molecule has 2 heterocycles. The van der Waals surface area contributed by atoms with E-state index in [0.717, 1.165) is 40.8 Å². The molecule has 3 rings (SSSR count). The Hall–Kier alpha value is -1.90. The van der Waals surface area contributed by atoms with E-state index in [1.807, 2.05) is 12.3 Å². The van der Waals surface area contributed by atoms with Crippen molar-refractivity contribution in [1.29, 1.82) is 0 Å². The zero-order chi connectivity index (χ0) is 15.4. The van der Waals surface area contributed by atoms with Gasteiger partial charge in [-0.15, -0.1) is 0 Å². The molecule has 0 aliphatic heterocycles. The molecule has 3 heteroatoms. The fraction of sp³-hybridized carbons (Fsp3) is 0.474. The van der Waals surface area contributed by atoms with Crippen LogP contribution in [0.3, 0.4) is 0 Å². The van der Waals surface area contributed by atoms with E-state index in [0.29, 0.717) is 6.04 Å². The average molecular weight is 295 g/mol. The number of rotatable bonds is 6. The van der Waals surface area contributed by atoms with Gasteiger partial charge in [0.25, 0.3) is 0 Å². The molecule has 0 atom stereocenters. The molecule has 0 radical (unpaired) electrons. The molecule has 1 fully saturated rings. The van der Waals surface area contributed by atoms with Crippen LogP contribution in [0.1, 0.15) is 57.6 Å². The summed E-state index contributed by atoms with van der Waals surface area (Å²) in [7, 11) is 0. The van der Waals surface area contributed by atoms with E-state index in [9.17, 15) is 0 Å². The van der Waals surface area contributed by atoms with Crippen molar-refractivity contribution in [3.05, 3.63) is 36.7 Å². The monoisotopic (exact) mass is 295 g/mol. The van der Waals surface area contributed by atoms with Crippen molar-refractivity contribution in [3.63, 3.8) is 0 Å². The average Bonchev–Trinajstić information content (AvgIpc) is 3.05. The molecule has 3 nitrogen and oxygen atoms in total. The van der Waals surface area contributed by atoms with Crippen LogP contribution in [0.5, 0.6) is 0 Å². The Bertz CT molecular complexity index is 657. The predicted molar refractivity (Wildman–Crippen MR) is 94.0 cm³/mol. The summed E-state index contributed by atoms with van der Waals surface area (Å²) in [5.41, 5.74) is 3.11. The first-order valence-electron chi connectivity index (χ1n) is 8.48. The lowest BCUT2D eigenvalue weighted by molar-refractivity contribution is 0.751. The predicted octanol–water partition coefficient (Wildman–Crippen LogP) is 5.19. The van der Waals surface area contributed by atoms with Gasteiger partial charge in [-0.1, -0.05) is 38.8 Å². The summed E-state index contributed by atoms with van der Waals surface area (Å²) >= 11 is 0. The molecule has 2 aromatic rings. The van der Waals surface area contributed by atoms with Gasteiger partial charge in [-0.25, -0.2) is 4.98 Å². The highest BCUT2D eigenvalue weighted by Crippen LogP contribution is 2.28. The Morgan fingerprint density at radius 1 is 1.36 bits per heavy atom. The molecule has 0 unspecified atom stereocenters. The number of hydrogen-bond donors (Lipinski definition) is 1. The van der Waals surface area contributed by atoms with Gasteiger partial charge >= 0.3 is 0 Å². The lowest BCUT2D eigenvalue weighted by Crippen LogP contribution is -2.16. The highest BCUT2D eigenvalue weighted by Gasteiger charge is 2.17. The Morgan fingerprint density at radius 2 is 2.18 bits per heavy atom. The number of hydrogen-bond acceptors (Lipinski definition) is 3. The fourth-order valence-electron chi connectivity index (χ4n) is 3.15. The SMILES string of the molecule is C=C(CCCC)c1cc2cccnc2c(NC2CCCC2)n1. The molecule has 0 amide bonds. The van der Waals surface area contributed by atoms with Crippen LogP contribution in [-0.2, 0) is 0 Å². The van der Waals surface area contributed by atoms with Crippen molar-refractivity contribution < 1.29 is 0 Å². The minimum Gasteiger partial charge on any atom is -0.366 e. The second kappa shape index (κ2) is 6.91. The number of fused-ring (bicyclic) bond motifs is 1. The topological polar surface area (TPSA) is 37.8 Å². The highest BCUT2D eigenvalue weighted by molar-refractivity contribution is 5.90. The van der Waals surface area contributed by atoms with Gasteiger partial charge in [-0.3, -0.25) is 4.98 Å². The summed E-state index contributed by atoms with van der Waals surface area (Å²) in [5.74, 6) is 0.928. The number of pyridine rings is 2.